The van der Waals surface area contributed by atoms with E-state index in [9.17, 15) is 4.79 Å². The number of aromatic carboxylic acids is 1. The molecule has 1 N–H and O–H groups in total. The maximum Gasteiger partial charge on any atom is 0.356 e. The molecule has 2 rings (SSSR count). The van der Waals surface area contributed by atoms with E-state index in [1.54, 1.807) is 12.1 Å². The summed E-state index contributed by atoms with van der Waals surface area (Å²) >= 11 is 5.80. The van der Waals surface area contributed by atoms with Gasteiger partial charge < -0.3 is 14.7 Å². The van der Waals surface area contributed by atoms with Crippen molar-refractivity contribution in [2.24, 2.45) is 0 Å². The summed E-state index contributed by atoms with van der Waals surface area (Å²) in [4.78, 5) is 17.0. The second kappa shape index (κ2) is 6.21. The number of likely N-dealkylation sites (N-methyl/N-ethyl adjacent to an activating group) is 1. The Kier molecular flexibility index (Phi) is 4.61. The molecule has 1 atom stereocenters. The number of pyridine rings is 1. The molecule has 0 bridgehead atoms. The zero-order valence-electron chi connectivity index (χ0n) is 10.8. The molecule has 0 aliphatic carbocycles. The predicted molar refractivity (Wildman–Crippen MR) is 73.1 cm³/mol. The van der Waals surface area contributed by atoms with Crippen LogP contribution in [0.2, 0.25) is 5.02 Å². The van der Waals surface area contributed by atoms with E-state index >= 15 is 0 Å². The Bertz CT molecular complexity index is 461. The number of anilines is 1. The Morgan fingerprint density at radius 1 is 1.58 bits per heavy atom. The summed E-state index contributed by atoms with van der Waals surface area (Å²) in [7, 11) is 1.87. The van der Waals surface area contributed by atoms with Crippen molar-refractivity contribution < 1.29 is 14.6 Å². The zero-order valence-corrected chi connectivity index (χ0v) is 11.6. The van der Waals surface area contributed by atoms with E-state index in [1.807, 2.05) is 11.9 Å². The van der Waals surface area contributed by atoms with Crippen molar-refractivity contribution in [3.05, 3.63) is 22.8 Å². The summed E-state index contributed by atoms with van der Waals surface area (Å²) in [5.41, 5.74) is -0.115. The molecule has 1 fully saturated rings. The molecule has 6 heteroatoms. The van der Waals surface area contributed by atoms with E-state index in [1.165, 1.54) is 6.42 Å². The summed E-state index contributed by atoms with van der Waals surface area (Å²) in [5, 5.41) is 9.15. The van der Waals surface area contributed by atoms with E-state index in [0.29, 0.717) is 12.4 Å². The molecule has 0 amide bonds. The van der Waals surface area contributed by atoms with Crippen molar-refractivity contribution in [2.75, 3.05) is 25.1 Å². The average molecular weight is 285 g/mol. The van der Waals surface area contributed by atoms with Gasteiger partial charge in [-0.2, -0.15) is 0 Å². The molecule has 0 aromatic carbocycles. The molecule has 1 aliphatic heterocycles. The maximum absolute atomic E-state index is 11.0. The highest BCUT2D eigenvalue weighted by Gasteiger charge is 2.18. The van der Waals surface area contributed by atoms with Crippen LogP contribution in [0.1, 0.15) is 29.8 Å². The number of aromatic nitrogens is 1. The van der Waals surface area contributed by atoms with Gasteiger partial charge in [-0.05, 0) is 31.4 Å². The standard InChI is InChI=1S/C13H17ClN2O3/c1-16(8-9-4-2-3-7-19-9)11-6-5-10(14)12(15-11)13(17)18/h5-6,9H,2-4,7-8H2,1H3,(H,17,18). The van der Waals surface area contributed by atoms with Gasteiger partial charge >= 0.3 is 5.97 Å². The molecule has 1 aliphatic rings. The number of hydrogen-bond acceptors (Lipinski definition) is 4. The number of rotatable bonds is 4. The lowest BCUT2D eigenvalue weighted by molar-refractivity contribution is 0.0215. The van der Waals surface area contributed by atoms with E-state index in [4.69, 9.17) is 21.4 Å². The van der Waals surface area contributed by atoms with Crippen molar-refractivity contribution >= 4 is 23.4 Å². The van der Waals surface area contributed by atoms with Crippen LogP contribution in [-0.4, -0.2) is 42.4 Å². The molecule has 2 heterocycles. The quantitative estimate of drug-likeness (QED) is 0.920. The van der Waals surface area contributed by atoms with Crippen LogP contribution in [0.4, 0.5) is 5.82 Å². The Hall–Kier alpha value is -1.33. The Morgan fingerprint density at radius 3 is 3.00 bits per heavy atom. The van der Waals surface area contributed by atoms with Gasteiger partial charge in [0.15, 0.2) is 5.69 Å². The minimum absolute atomic E-state index is 0.115. The minimum Gasteiger partial charge on any atom is -0.476 e. The molecule has 1 aromatic rings. The molecule has 19 heavy (non-hydrogen) atoms. The molecule has 1 unspecified atom stereocenters. The normalized spacial score (nSPS) is 19.2. The fraction of sp³-hybridized carbons (Fsp3) is 0.538. The third-order valence-electron chi connectivity index (χ3n) is 3.18. The topological polar surface area (TPSA) is 62.7 Å². The van der Waals surface area contributed by atoms with Crippen LogP contribution in [0.3, 0.4) is 0 Å². The molecule has 1 aromatic heterocycles. The fourth-order valence-corrected chi connectivity index (χ4v) is 2.33. The number of halogens is 1. The second-order valence-electron chi connectivity index (χ2n) is 4.67. The number of carboxylic acid groups (broad SMARTS) is 1. The lowest BCUT2D eigenvalue weighted by atomic mass is 10.1. The number of hydrogen-bond donors (Lipinski definition) is 1. The van der Waals surface area contributed by atoms with Crippen molar-refractivity contribution in [1.82, 2.24) is 4.98 Å². The first-order valence-electron chi connectivity index (χ1n) is 6.30. The average Bonchev–Trinajstić information content (AvgIpc) is 2.40. The van der Waals surface area contributed by atoms with E-state index in [0.717, 1.165) is 19.4 Å². The Labute approximate surface area is 117 Å². The highest BCUT2D eigenvalue weighted by molar-refractivity contribution is 6.33. The predicted octanol–water partition coefficient (Wildman–Crippen LogP) is 2.44. The van der Waals surface area contributed by atoms with Gasteiger partial charge in [-0.25, -0.2) is 9.78 Å². The molecular formula is C13H17ClN2O3. The van der Waals surface area contributed by atoms with Gasteiger partial charge in [0.25, 0.3) is 0 Å². The highest BCUT2D eigenvalue weighted by atomic mass is 35.5. The molecule has 0 radical (unpaired) electrons. The molecule has 1 saturated heterocycles. The van der Waals surface area contributed by atoms with Crippen molar-refractivity contribution in [1.29, 1.82) is 0 Å². The van der Waals surface area contributed by atoms with Gasteiger partial charge in [0.1, 0.15) is 5.82 Å². The van der Waals surface area contributed by atoms with Crippen LogP contribution in [-0.2, 0) is 4.74 Å². The number of carboxylic acids is 1. The van der Waals surface area contributed by atoms with E-state index < -0.39 is 5.97 Å². The second-order valence-corrected chi connectivity index (χ2v) is 5.08. The van der Waals surface area contributed by atoms with Crippen molar-refractivity contribution in [3.63, 3.8) is 0 Å². The van der Waals surface area contributed by atoms with Gasteiger partial charge in [-0.3, -0.25) is 0 Å². The van der Waals surface area contributed by atoms with Crippen LogP contribution in [0, 0.1) is 0 Å². The maximum atomic E-state index is 11.0. The first-order valence-corrected chi connectivity index (χ1v) is 6.68. The number of carbonyl (C=O) groups is 1. The molecule has 104 valence electrons. The Morgan fingerprint density at radius 2 is 2.37 bits per heavy atom. The van der Waals surface area contributed by atoms with Crippen LogP contribution in [0.25, 0.3) is 0 Å². The van der Waals surface area contributed by atoms with Gasteiger partial charge in [0, 0.05) is 20.2 Å². The Balaban J connectivity index is 2.07. The minimum atomic E-state index is -1.12. The summed E-state index contributed by atoms with van der Waals surface area (Å²) in [5.74, 6) is -0.523. The first kappa shape index (κ1) is 14.1. The number of nitrogens with zero attached hydrogens (tertiary/aromatic N) is 2. The van der Waals surface area contributed by atoms with Crippen LogP contribution in [0.15, 0.2) is 12.1 Å². The zero-order chi connectivity index (χ0) is 13.8. The van der Waals surface area contributed by atoms with Crippen molar-refractivity contribution in [2.45, 2.75) is 25.4 Å². The van der Waals surface area contributed by atoms with Gasteiger partial charge in [0.05, 0.1) is 11.1 Å². The number of ether oxygens (including phenoxy) is 1. The lowest BCUT2D eigenvalue weighted by Crippen LogP contribution is -2.33. The monoisotopic (exact) mass is 284 g/mol. The smallest absolute Gasteiger partial charge is 0.356 e. The fourth-order valence-electron chi connectivity index (χ4n) is 2.14. The van der Waals surface area contributed by atoms with Gasteiger partial charge in [-0.1, -0.05) is 11.6 Å². The summed E-state index contributed by atoms with van der Waals surface area (Å²) in [6.07, 6.45) is 3.50. The van der Waals surface area contributed by atoms with Crippen molar-refractivity contribution in [3.8, 4) is 0 Å². The van der Waals surface area contributed by atoms with Gasteiger partial charge in [-0.15, -0.1) is 0 Å². The third-order valence-corrected chi connectivity index (χ3v) is 3.48. The highest BCUT2D eigenvalue weighted by Crippen LogP contribution is 2.20. The molecule has 0 spiro atoms. The van der Waals surface area contributed by atoms with Gasteiger partial charge in [0.2, 0.25) is 0 Å². The summed E-state index contributed by atoms with van der Waals surface area (Å²) in [6, 6.07) is 3.28. The van der Waals surface area contributed by atoms with Crippen LogP contribution < -0.4 is 4.90 Å². The largest absolute Gasteiger partial charge is 0.476 e. The third kappa shape index (κ3) is 3.58. The SMILES string of the molecule is CN(CC1CCCCO1)c1ccc(Cl)c(C(=O)O)n1. The molecular weight excluding hydrogens is 268 g/mol. The van der Waals surface area contributed by atoms with E-state index in [2.05, 4.69) is 4.98 Å². The van der Waals surface area contributed by atoms with Crippen LogP contribution >= 0.6 is 11.6 Å². The van der Waals surface area contributed by atoms with E-state index in [-0.39, 0.29) is 16.8 Å². The lowest BCUT2D eigenvalue weighted by Gasteiger charge is -2.28. The summed E-state index contributed by atoms with van der Waals surface area (Å²) in [6.45, 7) is 1.50. The first-order chi connectivity index (χ1) is 9.08. The summed E-state index contributed by atoms with van der Waals surface area (Å²) < 4.78 is 5.66. The van der Waals surface area contributed by atoms with Crippen LogP contribution in [0.5, 0.6) is 0 Å². The molecule has 0 saturated carbocycles. The molecule has 5 nitrogen and oxygen atoms in total.